The molecule has 1 saturated carbocycles. The van der Waals surface area contributed by atoms with Crippen molar-refractivity contribution in [2.45, 2.75) is 90.8 Å². The number of ether oxygens (including phenoxy) is 1. The Morgan fingerprint density at radius 1 is 1.05 bits per heavy atom. The standard InChI is InChI=1S/C17H33NO/c1-5-17(3,4)14-6-8-15(9-7-14)18-16-10-11-19-13(2)12-16/h13-16,18H,5-12H2,1-4H3. The third kappa shape index (κ3) is 4.19. The predicted octanol–water partition coefficient (Wildman–Crippen LogP) is 4.14. The fourth-order valence-corrected chi connectivity index (χ4v) is 3.81. The van der Waals surface area contributed by atoms with E-state index in [9.17, 15) is 0 Å². The van der Waals surface area contributed by atoms with Gasteiger partial charge in [-0.15, -0.1) is 0 Å². The van der Waals surface area contributed by atoms with Crippen molar-refractivity contribution >= 4 is 0 Å². The van der Waals surface area contributed by atoms with Gasteiger partial charge in [-0.25, -0.2) is 0 Å². The number of rotatable bonds is 4. The molecule has 1 heterocycles. The van der Waals surface area contributed by atoms with Gasteiger partial charge in [0.05, 0.1) is 6.10 Å². The summed E-state index contributed by atoms with van der Waals surface area (Å²) in [4.78, 5) is 0. The first kappa shape index (κ1) is 15.3. The van der Waals surface area contributed by atoms with Gasteiger partial charge in [0.1, 0.15) is 0 Å². The molecule has 112 valence electrons. The van der Waals surface area contributed by atoms with Crippen molar-refractivity contribution in [3.8, 4) is 0 Å². The topological polar surface area (TPSA) is 21.3 Å². The molecule has 0 bridgehead atoms. The summed E-state index contributed by atoms with van der Waals surface area (Å²) in [5.74, 6) is 0.934. The first-order valence-corrected chi connectivity index (χ1v) is 8.39. The van der Waals surface area contributed by atoms with Crippen molar-refractivity contribution in [1.82, 2.24) is 5.32 Å². The number of nitrogens with one attached hydrogen (secondary N) is 1. The smallest absolute Gasteiger partial charge is 0.0561 e. The van der Waals surface area contributed by atoms with Crippen molar-refractivity contribution in [3.63, 3.8) is 0 Å². The maximum absolute atomic E-state index is 5.63. The van der Waals surface area contributed by atoms with Gasteiger partial charge in [-0.3, -0.25) is 0 Å². The molecule has 0 spiro atoms. The molecule has 2 atom stereocenters. The summed E-state index contributed by atoms with van der Waals surface area (Å²) in [5.41, 5.74) is 0.540. The summed E-state index contributed by atoms with van der Waals surface area (Å²) >= 11 is 0. The lowest BCUT2D eigenvalue weighted by atomic mass is 9.69. The molecule has 2 unspecified atom stereocenters. The Morgan fingerprint density at radius 3 is 2.32 bits per heavy atom. The van der Waals surface area contributed by atoms with Gasteiger partial charge in [0.15, 0.2) is 0 Å². The van der Waals surface area contributed by atoms with Crippen LogP contribution in [0.4, 0.5) is 0 Å². The first-order valence-electron chi connectivity index (χ1n) is 8.39. The Bertz CT molecular complexity index is 268. The van der Waals surface area contributed by atoms with Crippen molar-refractivity contribution in [1.29, 1.82) is 0 Å². The minimum atomic E-state index is 0.446. The highest BCUT2D eigenvalue weighted by Crippen LogP contribution is 2.40. The highest BCUT2D eigenvalue weighted by Gasteiger charge is 2.32. The molecule has 2 aliphatic rings. The number of hydrogen-bond acceptors (Lipinski definition) is 2. The van der Waals surface area contributed by atoms with Crippen LogP contribution in [-0.2, 0) is 4.74 Å². The van der Waals surface area contributed by atoms with Gasteiger partial charge in [-0.1, -0.05) is 27.2 Å². The zero-order valence-corrected chi connectivity index (χ0v) is 13.4. The highest BCUT2D eigenvalue weighted by molar-refractivity contribution is 4.87. The van der Waals surface area contributed by atoms with E-state index >= 15 is 0 Å². The Hall–Kier alpha value is -0.0800. The molecule has 1 aliphatic carbocycles. The van der Waals surface area contributed by atoms with Crippen LogP contribution in [0.5, 0.6) is 0 Å². The maximum atomic E-state index is 5.63. The molecule has 2 heteroatoms. The lowest BCUT2D eigenvalue weighted by Crippen LogP contribution is -2.45. The van der Waals surface area contributed by atoms with Crippen LogP contribution in [0.15, 0.2) is 0 Å². The lowest BCUT2D eigenvalue weighted by Gasteiger charge is -2.40. The van der Waals surface area contributed by atoms with E-state index in [1.54, 1.807) is 0 Å². The molecule has 2 rings (SSSR count). The normalized spacial score (nSPS) is 37.3. The van der Waals surface area contributed by atoms with Crippen LogP contribution in [0.25, 0.3) is 0 Å². The van der Waals surface area contributed by atoms with E-state index in [2.05, 4.69) is 33.0 Å². The minimum Gasteiger partial charge on any atom is -0.378 e. The summed E-state index contributed by atoms with van der Waals surface area (Å²) in [6.07, 6.45) is 9.73. The van der Waals surface area contributed by atoms with E-state index in [4.69, 9.17) is 4.74 Å². The van der Waals surface area contributed by atoms with Gasteiger partial charge < -0.3 is 10.1 Å². The molecule has 1 aliphatic heterocycles. The lowest BCUT2D eigenvalue weighted by molar-refractivity contribution is 0.00902. The van der Waals surface area contributed by atoms with Crippen LogP contribution in [-0.4, -0.2) is 24.8 Å². The summed E-state index contributed by atoms with van der Waals surface area (Å²) in [6, 6.07) is 1.46. The van der Waals surface area contributed by atoms with Crippen LogP contribution in [0, 0.1) is 11.3 Å². The summed E-state index contributed by atoms with van der Waals surface area (Å²) in [5, 5.41) is 3.90. The Balaban J connectivity index is 1.74. The molecular formula is C17H33NO. The quantitative estimate of drug-likeness (QED) is 0.826. The molecular weight excluding hydrogens is 234 g/mol. The van der Waals surface area contributed by atoms with E-state index in [-0.39, 0.29) is 0 Å². The van der Waals surface area contributed by atoms with Gasteiger partial charge >= 0.3 is 0 Å². The Morgan fingerprint density at radius 2 is 1.74 bits per heavy atom. The zero-order chi connectivity index (χ0) is 13.9. The van der Waals surface area contributed by atoms with Crippen LogP contribution in [0.3, 0.4) is 0 Å². The average molecular weight is 267 g/mol. The van der Waals surface area contributed by atoms with E-state index in [1.807, 2.05) is 0 Å². The molecule has 1 saturated heterocycles. The number of hydrogen-bond donors (Lipinski definition) is 1. The van der Waals surface area contributed by atoms with Crippen LogP contribution >= 0.6 is 0 Å². The van der Waals surface area contributed by atoms with Gasteiger partial charge in [-0.2, -0.15) is 0 Å². The molecule has 0 aromatic heterocycles. The minimum absolute atomic E-state index is 0.446. The van der Waals surface area contributed by atoms with Crippen molar-refractivity contribution in [2.75, 3.05) is 6.61 Å². The summed E-state index contributed by atoms with van der Waals surface area (Å²) in [7, 11) is 0. The van der Waals surface area contributed by atoms with E-state index in [0.717, 1.165) is 18.6 Å². The molecule has 1 N–H and O–H groups in total. The largest absolute Gasteiger partial charge is 0.378 e. The van der Waals surface area contributed by atoms with Gasteiger partial charge in [0.25, 0.3) is 0 Å². The Kier molecular flexibility index (Phi) is 5.30. The van der Waals surface area contributed by atoms with Crippen molar-refractivity contribution in [2.24, 2.45) is 11.3 Å². The molecule has 0 amide bonds. The van der Waals surface area contributed by atoms with E-state index in [1.165, 1.54) is 44.9 Å². The first-order chi connectivity index (χ1) is 9.01. The zero-order valence-electron chi connectivity index (χ0n) is 13.4. The summed E-state index contributed by atoms with van der Waals surface area (Å²) < 4.78 is 5.63. The predicted molar refractivity (Wildman–Crippen MR) is 81.4 cm³/mol. The molecule has 0 aromatic carbocycles. The molecule has 19 heavy (non-hydrogen) atoms. The SMILES string of the molecule is CCC(C)(C)C1CCC(NC2CCOC(C)C2)CC1. The third-order valence-corrected chi connectivity index (χ3v) is 5.70. The second kappa shape index (κ2) is 6.58. The maximum Gasteiger partial charge on any atom is 0.0561 e. The van der Waals surface area contributed by atoms with Crippen LogP contribution < -0.4 is 5.32 Å². The van der Waals surface area contributed by atoms with Gasteiger partial charge in [-0.05, 0) is 56.8 Å². The molecule has 2 fully saturated rings. The van der Waals surface area contributed by atoms with Crippen LogP contribution in [0.2, 0.25) is 0 Å². The van der Waals surface area contributed by atoms with Crippen molar-refractivity contribution in [3.05, 3.63) is 0 Å². The fourth-order valence-electron chi connectivity index (χ4n) is 3.81. The highest BCUT2D eigenvalue weighted by atomic mass is 16.5. The molecule has 0 radical (unpaired) electrons. The Labute approximate surface area is 119 Å². The molecule has 0 aromatic rings. The van der Waals surface area contributed by atoms with E-state index < -0.39 is 0 Å². The second-order valence-electron chi connectivity index (χ2n) is 7.46. The van der Waals surface area contributed by atoms with Crippen molar-refractivity contribution < 1.29 is 4.74 Å². The van der Waals surface area contributed by atoms with Gasteiger partial charge in [0, 0.05) is 18.7 Å². The fraction of sp³-hybridized carbons (Fsp3) is 1.00. The monoisotopic (exact) mass is 267 g/mol. The third-order valence-electron chi connectivity index (χ3n) is 5.70. The van der Waals surface area contributed by atoms with Crippen LogP contribution in [0.1, 0.15) is 72.6 Å². The second-order valence-corrected chi connectivity index (χ2v) is 7.46. The average Bonchev–Trinajstić information content (AvgIpc) is 2.39. The molecule has 2 nitrogen and oxygen atoms in total. The van der Waals surface area contributed by atoms with E-state index in [0.29, 0.717) is 17.6 Å². The van der Waals surface area contributed by atoms with Gasteiger partial charge in [0.2, 0.25) is 0 Å². The summed E-state index contributed by atoms with van der Waals surface area (Å²) in [6.45, 7) is 10.4.